The van der Waals surface area contributed by atoms with Crippen LogP contribution in [0.1, 0.15) is 17.9 Å². The summed E-state index contributed by atoms with van der Waals surface area (Å²) in [7, 11) is 0. The van der Waals surface area contributed by atoms with Crippen molar-refractivity contribution in [1.29, 1.82) is 0 Å². The van der Waals surface area contributed by atoms with Crippen molar-refractivity contribution in [3.63, 3.8) is 0 Å². The molecule has 1 saturated carbocycles. The summed E-state index contributed by atoms with van der Waals surface area (Å²) in [6.45, 7) is 0. The van der Waals surface area contributed by atoms with Gasteiger partial charge in [-0.3, -0.25) is 10.1 Å². The number of nitro groups is 1. The fourth-order valence-corrected chi connectivity index (χ4v) is 2.08. The largest absolute Gasteiger partial charge is 0.351 e. The fraction of sp³-hybridized carbons (Fsp3) is 0.231. The maximum absolute atomic E-state index is 10.5. The number of nitrogens with one attached hydrogen (secondary N) is 1. The molecular formula is C13H12N4O2. The van der Waals surface area contributed by atoms with E-state index >= 15 is 0 Å². The van der Waals surface area contributed by atoms with Crippen LogP contribution in [-0.4, -0.2) is 20.9 Å². The van der Waals surface area contributed by atoms with Gasteiger partial charge in [-0.1, -0.05) is 30.3 Å². The van der Waals surface area contributed by atoms with Crippen molar-refractivity contribution in [3.05, 3.63) is 58.4 Å². The van der Waals surface area contributed by atoms with Crippen LogP contribution in [-0.2, 0) is 0 Å². The molecule has 0 amide bonds. The van der Waals surface area contributed by atoms with Crippen molar-refractivity contribution in [3.8, 4) is 0 Å². The lowest BCUT2D eigenvalue weighted by Gasteiger charge is -2.03. The minimum Gasteiger partial charge on any atom is -0.351 e. The molecule has 6 heteroatoms. The zero-order valence-electron chi connectivity index (χ0n) is 10.1. The second kappa shape index (κ2) is 4.64. The van der Waals surface area contributed by atoms with Gasteiger partial charge in [0.15, 0.2) is 0 Å². The van der Waals surface area contributed by atoms with E-state index in [0.29, 0.717) is 17.9 Å². The van der Waals surface area contributed by atoms with Crippen molar-refractivity contribution >= 4 is 11.6 Å². The van der Waals surface area contributed by atoms with Crippen molar-refractivity contribution in [2.75, 3.05) is 5.32 Å². The molecule has 2 aromatic rings. The smallest absolute Gasteiger partial charge is 0.305 e. The van der Waals surface area contributed by atoms with E-state index in [0.717, 1.165) is 6.42 Å². The molecule has 1 aliphatic rings. The van der Waals surface area contributed by atoms with E-state index in [9.17, 15) is 10.1 Å². The van der Waals surface area contributed by atoms with E-state index < -0.39 is 4.92 Å². The van der Waals surface area contributed by atoms with Gasteiger partial charge in [0.1, 0.15) is 12.4 Å². The highest BCUT2D eigenvalue weighted by Crippen LogP contribution is 2.42. The summed E-state index contributed by atoms with van der Waals surface area (Å²) in [5.74, 6) is 0.911. The monoisotopic (exact) mass is 256 g/mol. The third kappa shape index (κ3) is 2.52. The Balaban J connectivity index is 1.63. The number of hydrogen-bond acceptors (Lipinski definition) is 5. The summed E-state index contributed by atoms with van der Waals surface area (Å²) in [5, 5.41) is 13.7. The Hall–Kier alpha value is -2.50. The molecule has 0 aliphatic heterocycles. The van der Waals surface area contributed by atoms with E-state index in [4.69, 9.17) is 0 Å². The van der Waals surface area contributed by atoms with Crippen LogP contribution in [0.5, 0.6) is 0 Å². The Bertz CT molecular complexity index is 585. The van der Waals surface area contributed by atoms with Gasteiger partial charge in [0.2, 0.25) is 5.95 Å². The van der Waals surface area contributed by atoms with Gasteiger partial charge in [-0.2, -0.15) is 0 Å². The van der Waals surface area contributed by atoms with Crippen LogP contribution in [0.4, 0.5) is 11.6 Å². The van der Waals surface area contributed by atoms with Gasteiger partial charge < -0.3 is 5.32 Å². The number of nitrogens with zero attached hydrogens (tertiary/aromatic N) is 3. The second-order valence-corrected chi connectivity index (χ2v) is 4.53. The first-order valence-electron chi connectivity index (χ1n) is 6.02. The van der Waals surface area contributed by atoms with E-state index in [1.165, 1.54) is 18.0 Å². The second-order valence-electron chi connectivity index (χ2n) is 4.53. The Labute approximate surface area is 109 Å². The number of hydrogen-bond donors (Lipinski definition) is 1. The summed E-state index contributed by atoms with van der Waals surface area (Å²) < 4.78 is 0. The summed E-state index contributed by atoms with van der Waals surface area (Å²) in [5.41, 5.74) is 1.20. The van der Waals surface area contributed by atoms with E-state index in [1.807, 2.05) is 18.2 Å². The standard InChI is InChI=1S/C13H12N4O2/c18-17(19)10-7-14-13(15-8-10)16-12-6-11(12)9-4-2-1-3-5-9/h1-5,7-8,11-12H,6H2,(H,14,15,16). The highest BCUT2D eigenvalue weighted by Gasteiger charge is 2.38. The van der Waals surface area contributed by atoms with Crippen LogP contribution in [0.2, 0.25) is 0 Å². The first-order chi connectivity index (χ1) is 9.24. The fourth-order valence-electron chi connectivity index (χ4n) is 2.08. The molecule has 1 aliphatic carbocycles. The van der Waals surface area contributed by atoms with Crippen LogP contribution in [0.15, 0.2) is 42.7 Å². The first kappa shape index (κ1) is 11.6. The third-order valence-electron chi connectivity index (χ3n) is 3.18. The number of aromatic nitrogens is 2. The molecule has 2 unspecified atom stereocenters. The summed E-state index contributed by atoms with van der Waals surface area (Å²) in [6.07, 6.45) is 3.47. The zero-order chi connectivity index (χ0) is 13.2. The SMILES string of the molecule is O=[N+]([O-])c1cnc(NC2CC2c2ccccc2)nc1. The van der Waals surface area contributed by atoms with Crippen molar-refractivity contribution in [2.45, 2.75) is 18.4 Å². The molecule has 1 aromatic heterocycles. The van der Waals surface area contributed by atoms with Crippen molar-refractivity contribution in [2.24, 2.45) is 0 Å². The van der Waals surface area contributed by atoms with E-state index in [1.54, 1.807) is 0 Å². The van der Waals surface area contributed by atoms with Gasteiger partial charge in [-0.15, -0.1) is 0 Å². The molecule has 0 bridgehead atoms. The number of anilines is 1. The normalized spacial score (nSPS) is 20.8. The lowest BCUT2D eigenvalue weighted by atomic mass is 10.1. The van der Waals surface area contributed by atoms with E-state index in [-0.39, 0.29) is 5.69 Å². The Kier molecular flexibility index (Phi) is 2.83. The first-order valence-corrected chi connectivity index (χ1v) is 6.02. The van der Waals surface area contributed by atoms with Crippen molar-refractivity contribution < 1.29 is 4.92 Å². The Morgan fingerprint density at radius 1 is 1.21 bits per heavy atom. The zero-order valence-corrected chi connectivity index (χ0v) is 10.1. The molecule has 2 atom stereocenters. The summed E-state index contributed by atoms with van der Waals surface area (Å²) >= 11 is 0. The quantitative estimate of drug-likeness (QED) is 0.670. The topological polar surface area (TPSA) is 81.0 Å². The van der Waals surface area contributed by atoms with Gasteiger partial charge in [-0.25, -0.2) is 9.97 Å². The third-order valence-corrected chi connectivity index (χ3v) is 3.18. The van der Waals surface area contributed by atoms with Crippen LogP contribution in [0, 0.1) is 10.1 Å². The molecule has 0 saturated heterocycles. The Morgan fingerprint density at radius 3 is 2.53 bits per heavy atom. The van der Waals surface area contributed by atoms with E-state index in [2.05, 4.69) is 27.4 Å². The predicted molar refractivity (Wildman–Crippen MR) is 69.9 cm³/mol. The number of rotatable bonds is 4. The molecule has 0 radical (unpaired) electrons. The molecule has 0 spiro atoms. The van der Waals surface area contributed by atoms with Crippen LogP contribution in [0.3, 0.4) is 0 Å². The van der Waals surface area contributed by atoms with Gasteiger partial charge in [0.05, 0.1) is 4.92 Å². The summed E-state index contributed by atoms with van der Waals surface area (Å²) in [6, 6.07) is 10.5. The predicted octanol–water partition coefficient (Wildman–Crippen LogP) is 2.35. The highest BCUT2D eigenvalue weighted by molar-refractivity contribution is 5.38. The molecule has 1 heterocycles. The van der Waals surface area contributed by atoms with Gasteiger partial charge in [0, 0.05) is 12.0 Å². The maximum atomic E-state index is 10.5. The highest BCUT2D eigenvalue weighted by atomic mass is 16.6. The molecule has 19 heavy (non-hydrogen) atoms. The molecular weight excluding hydrogens is 244 g/mol. The average Bonchev–Trinajstić information content (AvgIpc) is 3.20. The van der Waals surface area contributed by atoms with Gasteiger partial charge >= 0.3 is 5.69 Å². The molecule has 96 valence electrons. The lowest BCUT2D eigenvalue weighted by Crippen LogP contribution is -2.07. The molecule has 3 rings (SSSR count). The molecule has 1 aromatic carbocycles. The minimum atomic E-state index is -0.506. The van der Waals surface area contributed by atoms with Crippen LogP contribution >= 0.6 is 0 Å². The van der Waals surface area contributed by atoms with Crippen LogP contribution in [0.25, 0.3) is 0 Å². The lowest BCUT2D eigenvalue weighted by molar-refractivity contribution is -0.385. The van der Waals surface area contributed by atoms with Gasteiger partial charge in [-0.05, 0) is 12.0 Å². The number of benzene rings is 1. The molecule has 1 fully saturated rings. The minimum absolute atomic E-state index is 0.0963. The average molecular weight is 256 g/mol. The van der Waals surface area contributed by atoms with Crippen LogP contribution < -0.4 is 5.32 Å². The van der Waals surface area contributed by atoms with Gasteiger partial charge in [0.25, 0.3) is 0 Å². The molecule has 6 nitrogen and oxygen atoms in total. The summed E-state index contributed by atoms with van der Waals surface area (Å²) in [4.78, 5) is 17.9. The van der Waals surface area contributed by atoms with Crippen molar-refractivity contribution in [1.82, 2.24) is 9.97 Å². The maximum Gasteiger partial charge on any atom is 0.305 e. The Morgan fingerprint density at radius 2 is 1.89 bits per heavy atom. The molecule has 1 N–H and O–H groups in total.